The van der Waals surface area contributed by atoms with Crippen molar-refractivity contribution in [1.82, 2.24) is 15.5 Å². The van der Waals surface area contributed by atoms with Gasteiger partial charge in [0, 0.05) is 38.1 Å². The molecule has 47 heavy (non-hydrogen) atoms. The second-order valence-corrected chi connectivity index (χ2v) is 13.6. The third-order valence-corrected chi connectivity index (χ3v) is 9.86. The molecule has 0 spiro atoms. The Morgan fingerprint density at radius 2 is 1.68 bits per heavy atom. The Morgan fingerprint density at radius 3 is 2.36 bits per heavy atom. The molecule has 10 heteroatoms. The predicted octanol–water partition coefficient (Wildman–Crippen LogP) is 4.68. The SMILES string of the molecule is Cc1ccc2oc(C(=O)O)cc2c1.NC1(C(=O)N[C@H](Cc2ccccc2)C(=O)NCC2CCN(CC3CCOCC3)CC2)CCCC1. The number of piperidine rings is 1. The first-order valence-electron chi connectivity index (χ1n) is 17.1. The number of carbonyl (C=O) groups is 3. The van der Waals surface area contributed by atoms with Crippen molar-refractivity contribution in [2.24, 2.45) is 17.6 Å². The lowest BCUT2D eigenvalue weighted by molar-refractivity contribution is -0.132. The quantitative estimate of drug-likeness (QED) is 0.248. The summed E-state index contributed by atoms with van der Waals surface area (Å²) in [5.41, 5.74) is 8.25. The second kappa shape index (κ2) is 16.4. The number of carbonyl (C=O) groups excluding carboxylic acids is 2. The fourth-order valence-electron chi connectivity index (χ4n) is 6.90. The van der Waals surface area contributed by atoms with Gasteiger partial charge in [-0.3, -0.25) is 9.59 Å². The zero-order valence-electron chi connectivity index (χ0n) is 27.5. The molecule has 1 saturated carbocycles. The minimum atomic E-state index is -1.03. The molecule has 3 fully saturated rings. The number of nitrogens with one attached hydrogen (secondary N) is 2. The number of carboxylic acids is 1. The molecule has 1 atom stereocenters. The smallest absolute Gasteiger partial charge is 0.371 e. The van der Waals surface area contributed by atoms with E-state index in [2.05, 4.69) is 15.5 Å². The number of carboxylic acid groups (broad SMARTS) is 1. The van der Waals surface area contributed by atoms with Gasteiger partial charge in [-0.05, 0) is 94.1 Å². The summed E-state index contributed by atoms with van der Waals surface area (Å²) in [4.78, 5) is 39.3. The molecule has 10 nitrogen and oxygen atoms in total. The molecule has 3 aromatic rings. The molecule has 3 heterocycles. The molecule has 1 aromatic heterocycles. The first kappa shape index (κ1) is 34.6. The van der Waals surface area contributed by atoms with Gasteiger partial charge in [-0.1, -0.05) is 54.8 Å². The van der Waals surface area contributed by atoms with Crippen LogP contribution in [0.15, 0.2) is 59.0 Å². The van der Waals surface area contributed by atoms with Crippen molar-refractivity contribution in [2.75, 3.05) is 39.4 Å². The second-order valence-electron chi connectivity index (χ2n) is 13.6. The summed E-state index contributed by atoms with van der Waals surface area (Å²) in [5, 5.41) is 15.6. The standard InChI is InChI=1S/C27H42N4O3.C10H8O3/c28-27(12-4-5-13-27)26(33)30-24(18-21-6-2-1-3-7-21)25(32)29-19-22-8-14-31(15-9-22)20-23-10-16-34-17-11-23;1-6-2-3-8-7(4-6)5-9(13-8)10(11)12/h1-3,6-7,22-24H,4-5,8-20,28H2,(H,29,32)(H,30,33);2-5H,1H3,(H,11,12)/t24-;/m1./s1. The lowest BCUT2D eigenvalue weighted by Crippen LogP contribution is -2.58. The number of fused-ring (bicyclic) bond motifs is 1. The maximum atomic E-state index is 13.2. The Hall–Kier alpha value is -3.73. The molecule has 2 aromatic carbocycles. The highest BCUT2D eigenvalue weighted by atomic mass is 16.5. The minimum absolute atomic E-state index is 0.0133. The summed E-state index contributed by atoms with van der Waals surface area (Å²) >= 11 is 0. The van der Waals surface area contributed by atoms with E-state index in [0.717, 1.165) is 74.4 Å². The van der Waals surface area contributed by atoms with Crippen molar-refractivity contribution in [2.45, 2.75) is 76.3 Å². The van der Waals surface area contributed by atoms with Gasteiger partial charge < -0.3 is 35.5 Å². The minimum Gasteiger partial charge on any atom is -0.475 e. The first-order chi connectivity index (χ1) is 22.7. The van der Waals surface area contributed by atoms with Gasteiger partial charge >= 0.3 is 5.97 Å². The van der Waals surface area contributed by atoms with Crippen LogP contribution >= 0.6 is 0 Å². The van der Waals surface area contributed by atoms with Crippen LogP contribution in [0.5, 0.6) is 0 Å². The highest BCUT2D eigenvalue weighted by Crippen LogP contribution is 2.28. The zero-order chi connectivity index (χ0) is 33.2. The molecular formula is C37H50N4O6. The fraction of sp³-hybridized carbons (Fsp3) is 0.541. The number of ether oxygens (including phenoxy) is 1. The van der Waals surface area contributed by atoms with E-state index in [1.807, 2.05) is 49.4 Å². The molecule has 254 valence electrons. The van der Waals surface area contributed by atoms with E-state index in [0.29, 0.717) is 37.3 Å². The maximum absolute atomic E-state index is 13.2. The van der Waals surface area contributed by atoms with E-state index < -0.39 is 17.6 Å². The van der Waals surface area contributed by atoms with Crippen LogP contribution in [0.1, 0.15) is 73.0 Å². The van der Waals surface area contributed by atoms with Gasteiger partial charge in [-0.25, -0.2) is 4.79 Å². The summed E-state index contributed by atoms with van der Waals surface area (Å²) in [6.45, 7) is 7.79. The van der Waals surface area contributed by atoms with Crippen LogP contribution in [-0.4, -0.2) is 78.8 Å². The number of benzene rings is 2. The number of nitrogens with zero attached hydrogens (tertiary/aromatic N) is 1. The van der Waals surface area contributed by atoms with E-state index in [4.69, 9.17) is 20.0 Å². The average molecular weight is 647 g/mol. The van der Waals surface area contributed by atoms with Crippen molar-refractivity contribution in [1.29, 1.82) is 0 Å². The molecule has 2 saturated heterocycles. The van der Waals surface area contributed by atoms with Crippen molar-refractivity contribution in [3.8, 4) is 0 Å². The van der Waals surface area contributed by atoms with Gasteiger partial charge in [0.15, 0.2) is 0 Å². The maximum Gasteiger partial charge on any atom is 0.371 e. The highest BCUT2D eigenvalue weighted by molar-refractivity contribution is 5.92. The third-order valence-electron chi connectivity index (χ3n) is 9.86. The summed E-state index contributed by atoms with van der Waals surface area (Å²) in [7, 11) is 0. The molecule has 3 aliphatic rings. The van der Waals surface area contributed by atoms with Gasteiger partial charge in [-0.15, -0.1) is 0 Å². The number of aromatic carboxylic acids is 1. The van der Waals surface area contributed by atoms with Gasteiger partial charge in [-0.2, -0.15) is 0 Å². The van der Waals surface area contributed by atoms with Crippen LogP contribution in [-0.2, 0) is 20.7 Å². The van der Waals surface area contributed by atoms with E-state index in [9.17, 15) is 14.4 Å². The average Bonchev–Trinajstić information content (AvgIpc) is 3.72. The molecule has 2 aliphatic heterocycles. The number of hydrogen-bond acceptors (Lipinski definition) is 7. The normalized spacial score (nSPS) is 19.4. The van der Waals surface area contributed by atoms with Crippen LogP contribution in [0.25, 0.3) is 11.0 Å². The number of aryl methyl sites for hydroxylation is 1. The van der Waals surface area contributed by atoms with Crippen LogP contribution in [0.3, 0.4) is 0 Å². The molecule has 0 radical (unpaired) electrons. The van der Waals surface area contributed by atoms with E-state index in [1.54, 1.807) is 6.07 Å². The lowest BCUT2D eigenvalue weighted by Gasteiger charge is -2.35. The molecule has 0 unspecified atom stereocenters. The van der Waals surface area contributed by atoms with Gasteiger partial charge in [0.2, 0.25) is 17.6 Å². The lowest BCUT2D eigenvalue weighted by atomic mass is 9.93. The van der Waals surface area contributed by atoms with Crippen LogP contribution in [0.4, 0.5) is 0 Å². The molecule has 5 N–H and O–H groups in total. The third kappa shape index (κ3) is 9.89. The predicted molar refractivity (Wildman–Crippen MR) is 181 cm³/mol. The van der Waals surface area contributed by atoms with Crippen LogP contribution < -0.4 is 16.4 Å². The molecule has 0 bridgehead atoms. The summed E-state index contributed by atoms with van der Waals surface area (Å²) < 4.78 is 10.6. The Kier molecular flexibility index (Phi) is 12.1. The number of nitrogens with two attached hydrogens (primary N) is 1. The largest absolute Gasteiger partial charge is 0.475 e. The van der Waals surface area contributed by atoms with Crippen molar-refractivity contribution < 1.29 is 28.6 Å². The van der Waals surface area contributed by atoms with Crippen LogP contribution in [0, 0.1) is 18.8 Å². The Balaban J connectivity index is 0.000000277. The van der Waals surface area contributed by atoms with Crippen molar-refractivity contribution in [3.63, 3.8) is 0 Å². The Morgan fingerprint density at radius 1 is 0.979 bits per heavy atom. The Labute approximate surface area is 277 Å². The van der Waals surface area contributed by atoms with Crippen LogP contribution in [0.2, 0.25) is 0 Å². The van der Waals surface area contributed by atoms with Crippen molar-refractivity contribution in [3.05, 3.63) is 71.5 Å². The van der Waals surface area contributed by atoms with Gasteiger partial charge in [0.25, 0.3) is 0 Å². The fourth-order valence-corrected chi connectivity index (χ4v) is 6.90. The van der Waals surface area contributed by atoms with E-state index in [1.165, 1.54) is 25.5 Å². The topological polar surface area (TPSA) is 147 Å². The summed E-state index contributed by atoms with van der Waals surface area (Å²) in [6, 6.07) is 16.3. The number of hydrogen-bond donors (Lipinski definition) is 4. The van der Waals surface area contributed by atoms with E-state index >= 15 is 0 Å². The highest BCUT2D eigenvalue weighted by Gasteiger charge is 2.39. The zero-order valence-corrected chi connectivity index (χ0v) is 27.5. The summed E-state index contributed by atoms with van der Waals surface area (Å²) in [6.07, 6.45) is 8.33. The molecule has 2 amide bonds. The number of amides is 2. The monoisotopic (exact) mass is 646 g/mol. The van der Waals surface area contributed by atoms with Gasteiger partial charge in [0.1, 0.15) is 11.6 Å². The Bertz CT molecular complexity index is 1470. The summed E-state index contributed by atoms with van der Waals surface area (Å²) in [5.74, 6) is -0.0999. The number of rotatable bonds is 10. The van der Waals surface area contributed by atoms with Crippen molar-refractivity contribution >= 4 is 28.8 Å². The molecule has 1 aliphatic carbocycles. The molecular weight excluding hydrogens is 596 g/mol. The number of likely N-dealkylation sites (tertiary alicyclic amines) is 1. The van der Waals surface area contributed by atoms with Gasteiger partial charge in [0.05, 0.1) is 5.54 Å². The first-order valence-corrected chi connectivity index (χ1v) is 17.1. The van der Waals surface area contributed by atoms with E-state index in [-0.39, 0.29) is 17.6 Å². The number of furan rings is 1. The molecule has 6 rings (SSSR count).